The van der Waals surface area contributed by atoms with Crippen molar-refractivity contribution in [2.24, 2.45) is 0 Å². The standard InChI is InChI=1S/C23H15N3O3/c27-22(25-15-9-8-14-13-29-23(28)17(14)11-15)18-12-21(20-7-3-4-10-24-20)26-19-6-2-1-5-16(18)19/h1-12H,13H2,(H,25,27). The largest absolute Gasteiger partial charge is 0.457 e. The molecule has 2 aromatic heterocycles. The van der Waals surface area contributed by atoms with Gasteiger partial charge in [0.2, 0.25) is 0 Å². The van der Waals surface area contributed by atoms with Crippen LogP contribution in [-0.4, -0.2) is 21.8 Å². The van der Waals surface area contributed by atoms with Crippen LogP contribution in [0.1, 0.15) is 26.3 Å². The Balaban J connectivity index is 1.56. The van der Waals surface area contributed by atoms with Crippen molar-refractivity contribution in [3.05, 3.63) is 89.6 Å². The number of cyclic esters (lactones) is 1. The Morgan fingerprint density at radius 2 is 1.83 bits per heavy atom. The molecule has 6 nitrogen and oxygen atoms in total. The second kappa shape index (κ2) is 6.83. The van der Waals surface area contributed by atoms with Crippen LogP contribution in [0.25, 0.3) is 22.3 Å². The molecule has 6 heteroatoms. The van der Waals surface area contributed by atoms with Gasteiger partial charge in [0.1, 0.15) is 6.61 Å². The van der Waals surface area contributed by atoms with Gasteiger partial charge in [-0.3, -0.25) is 9.78 Å². The van der Waals surface area contributed by atoms with Gasteiger partial charge in [0, 0.05) is 22.8 Å². The van der Waals surface area contributed by atoms with Crippen molar-refractivity contribution in [1.29, 1.82) is 0 Å². The Hall–Kier alpha value is -4.06. The number of benzene rings is 2. The molecule has 0 aliphatic carbocycles. The lowest BCUT2D eigenvalue weighted by Gasteiger charge is -2.11. The number of ether oxygens (including phenoxy) is 1. The van der Waals surface area contributed by atoms with E-state index in [-0.39, 0.29) is 18.5 Å². The number of hydrogen-bond acceptors (Lipinski definition) is 5. The molecule has 0 saturated carbocycles. The predicted molar refractivity (Wildman–Crippen MR) is 108 cm³/mol. The number of amides is 1. The van der Waals surface area contributed by atoms with Gasteiger partial charge in [0.15, 0.2) is 0 Å². The molecule has 3 heterocycles. The van der Waals surface area contributed by atoms with Gasteiger partial charge in [-0.15, -0.1) is 0 Å². The van der Waals surface area contributed by atoms with Crippen LogP contribution in [0.3, 0.4) is 0 Å². The molecule has 1 amide bonds. The highest BCUT2D eigenvalue weighted by Crippen LogP contribution is 2.26. The fourth-order valence-corrected chi connectivity index (χ4v) is 3.40. The van der Waals surface area contributed by atoms with E-state index in [4.69, 9.17) is 4.74 Å². The minimum Gasteiger partial charge on any atom is -0.457 e. The van der Waals surface area contributed by atoms with Crippen molar-refractivity contribution in [1.82, 2.24) is 9.97 Å². The van der Waals surface area contributed by atoms with E-state index in [0.29, 0.717) is 33.7 Å². The number of anilines is 1. The number of aromatic nitrogens is 2. The monoisotopic (exact) mass is 381 g/mol. The van der Waals surface area contributed by atoms with E-state index in [1.165, 1.54) is 0 Å². The number of carbonyl (C=O) groups is 2. The third kappa shape index (κ3) is 3.10. The molecule has 0 radical (unpaired) electrons. The second-order valence-corrected chi connectivity index (χ2v) is 6.69. The third-order valence-electron chi connectivity index (χ3n) is 4.83. The van der Waals surface area contributed by atoms with Crippen LogP contribution in [-0.2, 0) is 11.3 Å². The summed E-state index contributed by atoms with van der Waals surface area (Å²) in [7, 11) is 0. The summed E-state index contributed by atoms with van der Waals surface area (Å²) in [5.74, 6) is -0.657. The number of carbonyl (C=O) groups excluding carboxylic acids is 2. The van der Waals surface area contributed by atoms with Crippen molar-refractivity contribution in [3.8, 4) is 11.4 Å². The zero-order valence-electron chi connectivity index (χ0n) is 15.3. The van der Waals surface area contributed by atoms with Crippen molar-refractivity contribution in [2.75, 3.05) is 5.32 Å². The Labute approximate surface area is 166 Å². The highest BCUT2D eigenvalue weighted by Gasteiger charge is 2.22. The zero-order chi connectivity index (χ0) is 19.8. The summed E-state index contributed by atoms with van der Waals surface area (Å²) in [6.45, 7) is 0.269. The van der Waals surface area contributed by atoms with Gasteiger partial charge in [0.25, 0.3) is 5.91 Å². The van der Waals surface area contributed by atoms with Crippen LogP contribution in [0.4, 0.5) is 5.69 Å². The molecule has 0 saturated heterocycles. The lowest BCUT2D eigenvalue weighted by atomic mass is 10.0. The zero-order valence-corrected chi connectivity index (χ0v) is 15.3. The molecule has 1 aliphatic rings. The van der Waals surface area contributed by atoms with E-state index in [1.54, 1.807) is 30.5 Å². The van der Waals surface area contributed by atoms with Crippen LogP contribution in [0, 0.1) is 0 Å². The lowest BCUT2D eigenvalue weighted by Crippen LogP contribution is -2.13. The van der Waals surface area contributed by atoms with Crippen molar-refractivity contribution < 1.29 is 14.3 Å². The van der Waals surface area contributed by atoms with Crippen LogP contribution in [0.15, 0.2) is 72.9 Å². The number of nitrogens with one attached hydrogen (secondary N) is 1. The summed E-state index contributed by atoms with van der Waals surface area (Å²) in [6.07, 6.45) is 1.69. The van der Waals surface area contributed by atoms with E-state index >= 15 is 0 Å². The first-order chi connectivity index (χ1) is 14.2. The average molecular weight is 381 g/mol. The van der Waals surface area contributed by atoms with E-state index in [2.05, 4.69) is 15.3 Å². The molecule has 29 heavy (non-hydrogen) atoms. The van der Waals surface area contributed by atoms with Gasteiger partial charge in [0.05, 0.1) is 28.0 Å². The van der Waals surface area contributed by atoms with Crippen LogP contribution in [0.5, 0.6) is 0 Å². The summed E-state index contributed by atoms with van der Waals surface area (Å²) in [5.41, 5.74) is 4.33. The summed E-state index contributed by atoms with van der Waals surface area (Å²) in [5, 5.41) is 3.63. The molecule has 1 N–H and O–H groups in total. The lowest BCUT2D eigenvalue weighted by molar-refractivity contribution is 0.0535. The highest BCUT2D eigenvalue weighted by molar-refractivity contribution is 6.13. The van der Waals surface area contributed by atoms with Gasteiger partial charge >= 0.3 is 5.97 Å². The highest BCUT2D eigenvalue weighted by atomic mass is 16.5. The first-order valence-corrected chi connectivity index (χ1v) is 9.12. The minimum absolute atomic E-state index is 0.269. The molecule has 1 aliphatic heterocycles. The van der Waals surface area contributed by atoms with Crippen molar-refractivity contribution in [2.45, 2.75) is 6.61 Å². The fraction of sp³-hybridized carbons (Fsp3) is 0.0435. The number of para-hydroxylation sites is 1. The van der Waals surface area contributed by atoms with Gasteiger partial charge in [-0.1, -0.05) is 30.3 Å². The van der Waals surface area contributed by atoms with Gasteiger partial charge < -0.3 is 10.1 Å². The maximum Gasteiger partial charge on any atom is 0.338 e. The topological polar surface area (TPSA) is 81.2 Å². The van der Waals surface area contributed by atoms with E-state index in [1.807, 2.05) is 42.5 Å². The van der Waals surface area contributed by atoms with Crippen LogP contribution < -0.4 is 5.32 Å². The Morgan fingerprint density at radius 3 is 2.69 bits per heavy atom. The summed E-state index contributed by atoms with van der Waals surface area (Å²) in [6, 6.07) is 20.0. The predicted octanol–water partition coefficient (Wildman–Crippen LogP) is 4.22. The smallest absolute Gasteiger partial charge is 0.338 e. The minimum atomic E-state index is -0.372. The normalized spacial score (nSPS) is 12.5. The molecule has 140 valence electrons. The van der Waals surface area contributed by atoms with Gasteiger partial charge in [-0.05, 0) is 36.4 Å². The van der Waals surface area contributed by atoms with E-state index in [9.17, 15) is 9.59 Å². The number of esters is 1. The Morgan fingerprint density at radius 1 is 0.966 bits per heavy atom. The molecule has 0 spiro atoms. The quantitative estimate of drug-likeness (QED) is 0.538. The van der Waals surface area contributed by atoms with Crippen molar-refractivity contribution >= 4 is 28.5 Å². The molecule has 0 unspecified atom stereocenters. The van der Waals surface area contributed by atoms with E-state index < -0.39 is 0 Å². The summed E-state index contributed by atoms with van der Waals surface area (Å²) < 4.78 is 5.02. The molecule has 2 aromatic carbocycles. The summed E-state index contributed by atoms with van der Waals surface area (Å²) >= 11 is 0. The molecular formula is C23H15N3O3. The van der Waals surface area contributed by atoms with Crippen molar-refractivity contribution in [3.63, 3.8) is 0 Å². The number of hydrogen-bond donors (Lipinski definition) is 1. The molecule has 4 aromatic rings. The maximum atomic E-state index is 13.1. The average Bonchev–Trinajstić information content (AvgIpc) is 3.13. The third-order valence-corrected chi connectivity index (χ3v) is 4.83. The second-order valence-electron chi connectivity index (χ2n) is 6.69. The first-order valence-electron chi connectivity index (χ1n) is 9.12. The molecule has 5 rings (SSSR count). The Bertz CT molecular complexity index is 1270. The maximum absolute atomic E-state index is 13.1. The number of pyridine rings is 2. The molecule has 0 bridgehead atoms. The SMILES string of the molecule is O=C1OCc2ccc(NC(=O)c3cc(-c4ccccn4)nc4ccccc34)cc21. The first kappa shape index (κ1) is 17.1. The van der Waals surface area contributed by atoms with Gasteiger partial charge in [-0.25, -0.2) is 9.78 Å². The van der Waals surface area contributed by atoms with Crippen LogP contribution in [0.2, 0.25) is 0 Å². The van der Waals surface area contributed by atoms with Gasteiger partial charge in [-0.2, -0.15) is 0 Å². The number of nitrogens with zero attached hydrogens (tertiary/aromatic N) is 2. The molecule has 0 atom stereocenters. The van der Waals surface area contributed by atoms with Crippen LogP contribution >= 0.6 is 0 Å². The fourth-order valence-electron chi connectivity index (χ4n) is 3.40. The number of fused-ring (bicyclic) bond motifs is 2. The molecular weight excluding hydrogens is 366 g/mol. The van der Waals surface area contributed by atoms with E-state index in [0.717, 1.165) is 10.9 Å². The number of rotatable bonds is 3. The molecule has 0 fully saturated rings. The Kier molecular flexibility index (Phi) is 4.02. The summed E-state index contributed by atoms with van der Waals surface area (Å²) in [4.78, 5) is 33.9.